The zero-order chi connectivity index (χ0) is 15.6. The highest BCUT2D eigenvalue weighted by Gasteiger charge is 2.16. The Labute approximate surface area is 126 Å². The Kier molecular flexibility index (Phi) is 4.91. The van der Waals surface area contributed by atoms with Crippen molar-refractivity contribution in [1.82, 2.24) is 5.32 Å². The summed E-state index contributed by atoms with van der Waals surface area (Å²) in [6.45, 7) is 3.58. The molecule has 1 N–H and O–H groups in total. The molecule has 0 aliphatic heterocycles. The molecule has 1 nitrogen and oxygen atoms in total. The number of halogens is 4. The summed E-state index contributed by atoms with van der Waals surface area (Å²) in [6, 6.07) is 7.15. The van der Waals surface area contributed by atoms with Crippen molar-refractivity contribution in [2.24, 2.45) is 0 Å². The minimum Gasteiger partial charge on any atom is -0.304 e. The second-order valence-electron chi connectivity index (χ2n) is 4.95. The van der Waals surface area contributed by atoms with E-state index in [9.17, 15) is 13.2 Å². The Bertz CT molecular complexity index is 645. The predicted molar refractivity (Wildman–Crippen MR) is 77.7 cm³/mol. The van der Waals surface area contributed by atoms with Crippen LogP contribution in [-0.2, 0) is 0 Å². The molecule has 2 aromatic carbocycles. The molecule has 2 rings (SSSR count). The topological polar surface area (TPSA) is 12.0 Å². The number of hydrogen-bond donors (Lipinski definition) is 1. The number of hydrogen-bond acceptors (Lipinski definition) is 1. The van der Waals surface area contributed by atoms with E-state index in [0.29, 0.717) is 0 Å². The highest BCUT2D eigenvalue weighted by molar-refractivity contribution is 6.30. The molecule has 0 bridgehead atoms. The first kappa shape index (κ1) is 15.9. The van der Waals surface area contributed by atoms with Crippen LogP contribution in [0.25, 0.3) is 0 Å². The van der Waals surface area contributed by atoms with Gasteiger partial charge in [0, 0.05) is 17.6 Å². The molecule has 112 valence electrons. The van der Waals surface area contributed by atoms with E-state index in [4.69, 9.17) is 11.6 Å². The molecule has 0 heterocycles. The molecule has 0 spiro atoms. The lowest BCUT2D eigenvalue weighted by Gasteiger charge is -2.21. The van der Waals surface area contributed by atoms with Gasteiger partial charge in [-0.3, -0.25) is 0 Å². The largest absolute Gasteiger partial charge is 0.304 e. The summed E-state index contributed by atoms with van der Waals surface area (Å²) in [7, 11) is 0. The maximum absolute atomic E-state index is 13.7. The molecular weight excluding hydrogens is 299 g/mol. The van der Waals surface area contributed by atoms with Crippen molar-refractivity contribution in [3.8, 4) is 0 Å². The van der Waals surface area contributed by atoms with Crippen LogP contribution >= 0.6 is 11.6 Å². The first-order chi connectivity index (χ1) is 9.88. The van der Waals surface area contributed by atoms with Gasteiger partial charge in [-0.1, -0.05) is 17.7 Å². The monoisotopic (exact) mass is 313 g/mol. The van der Waals surface area contributed by atoms with Gasteiger partial charge in [-0.25, -0.2) is 13.2 Å². The molecular formula is C16H15ClF3N. The van der Waals surface area contributed by atoms with Gasteiger partial charge in [-0.05, 0) is 49.7 Å². The van der Waals surface area contributed by atoms with Gasteiger partial charge in [0.1, 0.15) is 17.5 Å². The molecule has 2 atom stereocenters. The van der Waals surface area contributed by atoms with Crippen molar-refractivity contribution >= 4 is 11.6 Å². The van der Waals surface area contributed by atoms with Crippen molar-refractivity contribution in [2.45, 2.75) is 25.9 Å². The molecule has 2 unspecified atom stereocenters. The standard InChI is InChI=1S/C16H15ClF3N/c1-9(11-3-5-16(20)14(17)7-11)21-10(2)13-8-12(18)4-6-15(13)19/h3-10,21H,1-2H3. The molecule has 0 aliphatic rings. The van der Waals surface area contributed by atoms with Gasteiger partial charge in [0.2, 0.25) is 0 Å². The third kappa shape index (κ3) is 3.77. The number of rotatable bonds is 4. The van der Waals surface area contributed by atoms with E-state index >= 15 is 0 Å². The van der Waals surface area contributed by atoms with Crippen LogP contribution in [0.5, 0.6) is 0 Å². The molecule has 2 aromatic rings. The van der Waals surface area contributed by atoms with E-state index in [1.165, 1.54) is 12.1 Å². The number of benzene rings is 2. The van der Waals surface area contributed by atoms with E-state index in [0.717, 1.165) is 23.8 Å². The van der Waals surface area contributed by atoms with Gasteiger partial charge in [-0.15, -0.1) is 0 Å². The lowest BCUT2D eigenvalue weighted by molar-refractivity contribution is 0.469. The van der Waals surface area contributed by atoms with Crippen LogP contribution in [0, 0.1) is 17.5 Å². The maximum Gasteiger partial charge on any atom is 0.141 e. The summed E-state index contributed by atoms with van der Waals surface area (Å²) in [5.41, 5.74) is 1.01. The quantitative estimate of drug-likeness (QED) is 0.821. The molecule has 5 heteroatoms. The van der Waals surface area contributed by atoms with Gasteiger partial charge in [0.25, 0.3) is 0 Å². The summed E-state index contributed by atoms with van der Waals surface area (Å²) in [4.78, 5) is 0. The Hall–Kier alpha value is -1.52. The van der Waals surface area contributed by atoms with Crippen molar-refractivity contribution in [3.63, 3.8) is 0 Å². The minimum absolute atomic E-state index is 0.0331. The average molecular weight is 314 g/mol. The lowest BCUT2D eigenvalue weighted by atomic mass is 10.0. The molecule has 0 radical (unpaired) electrons. The van der Waals surface area contributed by atoms with Crippen molar-refractivity contribution in [2.75, 3.05) is 0 Å². The molecule has 0 fully saturated rings. The van der Waals surface area contributed by atoms with Crippen LogP contribution in [0.15, 0.2) is 36.4 Å². The summed E-state index contributed by atoms with van der Waals surface area (Å²) < 4.78 is 40.1. The minimum atomic E-state index is -0.489. The highest BCUT2D eigenvalue weighted by atomic mass is 35.5. The zero-order valence-corrected chi connectivity index (χ0v) is 12.4. The third-order valence-electron chi connectivity index (χ3n) is 3.37. The van der Waals surface area contributed by atoms with E-state index in [1.807, 2.05) is 6.92 Å². The van der Waals surface area contributed by atoms with Crippen LogP contribution in [0.2, 0.25) is 5.02 Å². The summed E-state index contributed by atoms with van der Waals surface area (Å²) in [5, 5.41) is 3.17. The van der Waals surface area contributed by atoms with Crippen molar-refractivity contribution < 1.29 is 13.2 Å². The molecule has 21 heavy (non-hydrogen) atoms. The Balaban J connectivity index is 2.16. The SMILES string of the molecule is CC(NC(C)c1cc(F)ccc1F)c1ccc(F)c(Cl)c1. The fourth-order valence-corrected chi connectivity index (χ4v) is 2.38. The normalized spacial score (nSPS) is 14.0. The van der Waals surface area contributed by atoms with Crippen LogP contribution in [0.1, 0.15) is 37.1 Å². The van der Waals surface area contributed by atoms with E-state index in [-0.39, 0.29) is 16.6 Å². The average Bonchev–Trinajstić information content (AvgIpc) is 2.44. The highest BCUT2D eigenvalue weighted by Crippen LogP contribution is 2.25. The third-order valence-corrected chi connectivity index (χ3v) is 3.66. The molecule has 0 saturated carbocycles. The van der Waals surface area contributed by atoms with E-state index < -0.39 is 23.5 Å². The van der Waals surface area contributed by atoms with E-state index in [1.54, 1.807) is 13.0 Å². The number of nitrogens with one attached hydrogen (secondary N) is 1. The first-order valence-corrected chi connectivity index (χ1v) is 6.92. The smallest absolute Gasteiger partial charge is 0.141 e. The maximum atomic E-state index is 13.7. The van der Waals surface area contributed by atoms with Crippen LogP contribution in [-0.4, -0.2) is 0 Å². The van der Waals surface area contributed by atoms with Crippen LogP contribution in [0.4, 0.5) is 13.2 Å². The molecule has 0 aromatic heterocycles. The summed E-state index contributed by atoms with van der Waals surface area (Å²) in [6.07, 6.45) is 0. The molecule has 0 aliphatic carbocycles. The van der Waals surface area contributed by atoms with Crippen molar-refractivity contribution in [3.05, 3.63) is 70.0 Å². The second kappa shape index (κ2) is 6.50. The summed E-state index contributed by atoms with van der Waals surface area (Å²) >= 11 is 5.75. The van der Waals surface area contributed by atoms with Crippen molar-refractivity contribution in [1.29, 1.82) is 0 Å². The van der Waals surface area contributed by atoms with Gasteiger partial charge in [0.15, 0.2) is 0 Å². The Morgan fingerprint density at radius 1 is 0.905 bits per heavy atom. The van der Waals surface area contributed by atoms with Crippen LogP contribution < -0.4 is 5.32 Å². The van der Waals surface area contributed by atoms with Gasteiger partial charge < -0.3 is 5.32 Å². The predicted octanol–water partition coefficient (Wildman–Crippen LogP) is 5.17. The second-order valence-corrected chi connectivity index (χ2v) is 5.36. The van der Waals surface area contributed by atoms with Gasteiger partial charge in [0.05, 0.1) is 5.02 Å². The Morgan fingerprint density at radius 2 is 1.57 bits per heavy atom. The zero-order valence-electron chi connectivity index (χ0n) is 11.6. The molecule has 0 amide bonds. The fourth-order valence-electron chi connectivity index (χ4n) is 2.19. The van der Waals surface area contributed by atoms with Gasteiger partial charge >= 0.3 is 0 Å². The summed E-state index contributed by atoms with van der Waals surface area (Å²) in [5.74, 6) is -1.45. The van der Waals surface area contributed by atoms with Gasteiger partial charge in [-0.2, -0.15) is 0 Å². The first-order valence-electron chi connectivity index (χ1n) is 6.54. The Morgan fingerprint density at radius 3 is 2.24 bits per heavy atom. The van der Waals surface area contributed by atoms with E-state index in [2.05, 4.69) is 5.32 Å². The molecule has 0 saturated heterocycles. The van der Waals surface area contributed by atoms with Crippen LogP contribution in [0.3, 0.4) is 0 Å². The lowest BCUT2D eigenvalue weighted by Crippen LogP contribution is -2.23. The fraction of sp³-hybridized carbons (Fsp3) is 0.250.